The minimum absolute atomic E-state index is 0. The van der Waals surface area contributed by atoms with Crippen molar-refractivity contribution in [3.63, 3.8) is 0 Å². The maximum absolute atomic E-state index is 12.1. The molecule has 22 heavy (non-hydrogen) atoms. The highest BCUT2D eigenvalue weighted by Gasteiger charge is 2.36. The summed E-state index contributed by atoms with van der Waals surface area (Å²) >= 11 is 0. The van der Waals surface area contributed by atoms with E-state index in [1.165, 1.54) is 5.56 Å². The van der Waals surface area contributed by atoms with Crippen LogP contribution in [0.4, 0.5) is 0 Å². The number of halogens is 1. The second kappa shape index (κ2) is 8.15. The van der Waals surface area contributed by atoms with Crippen molar-refractivity contribution in [2.75, 3.05) is 13.1 Å². The zero-order valence-electron chi connectivity index (χ0n) is 12.9. The molecule has 1 aliphatic rings. The summed E-state index contributed by atoms with van der Waals surface area (Å²) in [6.07, 6.45) is 4.08. The number of hydrogen-bond acceptors (Lipinski definition) is 3. The van der Waals surface area contributed by atoms with Crippen LogP contribution in [-0.2, 0) is 15.1 Å². The number of carbonyl (C=O) groups excluding carboxylic acids is 2. The first-order chi connectivity index (χ1) is 10.1. The fourth-order valence-corrected chi connectivity index (χ4v) is 2.97. The highest BCUT2D eigenvalue weighted by atomic mass is 35.5. The second-order valence-electron chi connectivity index (χ2n) is 5.69. The number of aryl methyl sites for hydroxylation is 1. The van der Waals surface area contributed by atoms with Crippen LogP contribution in [0, 0.1) is 6.92 Å². The van der Waals surface area contributed by atoms with E-state index < -0.39 is 0 Å². The van der Waals surface area contributed by atoms with Crippen LogP contribution < -0.4 is 16.4 Å². The van der Waals surface area contributed by atoms with Gasteiger partial charge in [0, 0.05) is 0 Å². The lowest BCUT2D eigenvalue weighted by Crippen LogP contribution is -2.48. The van der Waals surface area contributed by atoms with E-state index >= 15 is 0 Å². The molecule has 6 heteroatoms. The van der Waals surface area contributed by atoms with Gasteiger partial charge in [-0.3, -0.25) is 9.59 Å². The van der Waals surface area contributed by atoms with E-state index in [0.29, 0.717) is 0 Å². The molecule has 5 nitrogen and oxygen atoms in total. The summed E-state index contributed by atoms with van der Waals surface area (Å²) in [4.78, 5) is 23.2. The largest absolute Gasteiger partial charge is 0.346 e. The summed E-state index contributed by atoms with van der Waals surface area (Å²) < 4.78 is 0. The molecule has 0 spiro atoms. The third kappa shape index (κ3) is 4.45. The molecule has 1 aliphatic carbocycles. The summed E-state index contributed by atoms with van der Waals surface area (Å²) in [7, 11) is 0. The van der Waals surface area contributed by atoms with E-state index in [2.05, 4.69) is 35.8 Å². The first kappa shape index (κ1) is 18.5. The smallest absolute Gasteiger partial charge is 0.240 e. The van der Waals surface area contributed by atoms with E-state index in [1.807, 2.05) is 6.07 Å². The van der Waals surface area contributed by atoms with Crippen molar-refractivity contribution in [1.29, 1.82) is 0 Å². The number of carbonyl (C=O) groups is 2. The van der Waals surface area contributed by atoms with Crippen LogP contribution in [0.25, 0.3) is 0 Å². The molecule has 0 saturated heterocycles. The van der Waals surface area contributed by atoms with Crippen molar-refractivity contribution in [2.24, 2.45) is 5.73 Å². The summed E-state index contributed by atoms with van der Waals surface area (Å²) in [5.41, 5.74) is 7.25. The molecule has 0 bridgehead atoms. The topological polar surface area (TPSA) is 84.2 Å². The van der Waals surface area contributed by atoms with Crippen molar-refractivity contribution < 1.29 is 9.59 Å². The average molecular weight is 326 g/mol. The Labute approximate surface area is 137 Å². The summed E-state index contributed by atoms with van der Waals surface area (Å²) in [5, 5.41) is 5.63. The Morgan fingerprint density at radius 2 is 1.91 bits per heavy atom. The minimum atomic E-state index is -0.318. The monoisotopic (exact) mass is 325 g/mol. The molecule has 0 aromatic heterocycles. The van der Waals surface area contributed by atoms with Gasteiger partial charge in [-0.25, -0.2) is 0 Å². The number of hydrogen-bond donors (Lipinski definition) is 3. The minimum Gasteiger partial charge on any atom is -0.346 e. The SMILES string of the molecule is Cc1cccc(C2(NC(=O)CNC(=O)CN)CCCC2)c1.Cl. The van der Waals surface area contributed by atoms with Gasteiger partial charge in [0.1, 0.15) is 0 Å². The predicted octanol–water partition coefficient (Wildman–Crippen LogP) is 1.38. The Kier molecular flexibility index (Phi) is 6.84. The van der Waals surface area contributed by atoms with Gasteiger partial charge >= 0.3 is 0 Å². The van der Waals surface area contributed by atoms with E-state index in [0.717, 1.165) is 31.2 Å². The Morgan fingerprint density at radius 1 is 1.23 bits per heavy atom. The van der Waals surface area contributed by atoms with Crippen LogP contribution in [0.2, 0.25) is 0 Å². The van der Waals surface area contributed by atoms with Gasteiger partial charge < -0.3 is 16.4 Å². The van der Waals surface area contributed by atoms with Crippen LogP contribution >= 0.6 is 12.4 Å². The van der Waals surface area contributed by atoms with Gasteiger partial charge in [0.2, 0.25) is 11.8 Å². The van der Waals surface area contributed by atoms with E-state index in [1.54, 1.807) is 0 Å². The highest BCUT2D eigenvalue weighted by molar-refractivity contribution is 5.86. The van der Waals surface area contributed by atoms with Crippen molar-refractivity contribution in [1.82, 2.24) is 10.6 Å². The van der Waals surface area contributed by atoms with Crippen LogP contribution in [0.15, 0.2) is 24.3 Å². The molecule has 1 fully saturated rings. The Hall–Kier alpha value is -1.59. The number of benzene rings is 1. The van der Waals surface area contributed by atoms with Gasteiger partial charge in [0.25, 0.3) is 0 Å². The van der Waals surface area contributed by atoms with Gasteiger partial charge in [-0.15, -0.1) is 12.4 Å². The zero-order chi connectivity index (χ0) is 15.3. The van der Waals surface area contributed by atoms with Gasteiger partial charge in [-0.2, -0.15) is 0 Å². The van der Waals surface area contributed by atoms with E-state index in [4.69, 9.17) is 5.73 Å². The van der Waals surface area contributed by atoms with E-state index in [9.17, 15) is 9.59 Å². The first-order valence-corrected chi connectivity index (χ1v) is 7.41. The number of rotatable bonds is 5. The highest BCUT2D eigenvalue weighted by Crippen LogP contribution is 2.38. The maximum atomic E-state index is 12.1. The molecule has 1 aromatic rings. The molecule has 122 valence electrons. The quantitative estimate of drug-likeness (QED) is 0.764. The fourth-order valence-electron chi connectivity index (χ4n) is 2.97. The molecule has 0 unspecified atom stereocenters. The Bertz CT molecular complexity index is 528. The van der Waals surface area contributed by atoms with Gasteiger partial charge in [0.15, 0.2) is 0 Å². The lowest BCUT2D eigenvalue weighted by molar-refractivity contribution is -0.126. The molecule has 0 radical (unpaired) electrons. The lowest BCUT2D eigenvalue weighted by atomic mass is 9.87. The molecule has 0 heterocycles. The van der Waals surface area contributed by atoms with Gasteiger partial charge in [-0.1, -0.05) is 42.7 Å². The summed E-state index contributed by atoms with van der Waals surface area (Å²) in [6.45, 7) is 1.93. The molecular weight excluding hydrogens is 302 g/mol. The lowest BCUT2D eigenvalue weighted by Gasteiger charge is -2.31. The number of nitrogens with two attached hydrogens (primary N) is 1. The standard InChI is InChI=1S/C16H23N3O2.ClH/c1-12-5-4-6-13(9-12)16(7-2-3-8-16)19-15(21)11-18-14(20)10-17;/h4-6,9H,2-3,7-8,10-11,17H2,1H3,(H,18,20)(H,19,21);1H. The van der Waals surface area contributed by atoms with E-state index in [-0.39, 0.29) is 42.8 Å². The maximum Gasteiger partial charge on any atom is 0.240 e. The zero-order valence-corrected chi connectivity index (χ0v) is 13.7. The molecule has 1 saturated carbocycles. The van der Waals surface area contributed by atoms with Crippen LogP contribution in [0.1, 0.15) is 36.8 Å². The third-order valence-corrected chi connectivity index (χ3v) is 4.04. The number of nitrogens with one attached hydrogen (secondary N) is 2. The molecule has 4 N–H and O–H groups in total. The molecule has 0 aliphatic heterocycles. The van der Waals surface area contributed by atoms with Crippen LogP contribution in [0.3, 0.4) is 0 Å². The van der Waals surface area contributed by atoms with Crippen molar-refractivity contribution in [2.45, 2.75) is 38.1 Å². The molecule has 1 aromatic carbocycles. The molecule has 0 atom stereocenters. The normalized spacial score (nSPS) is 15.7. The fraction of sp³-hybridized carbons (Fsp3) is 0.500. The summed E-state index contributed by atoms with van der Waals surface area (Å²) in [6, 6.07) is 8.27. The molecule has 2 rings (SSSR count). The van der Waals surface area contributed by atoms with Crippen LogP contribution in [-0.4, -0.2) is 24.9 Å². The Balaban J connectivity index is 0.00000242. The first-order valence-electron chi connectivity index (χ1n) is 7.41. The van der Waals surface area contributed by atoms with Crippen molar-refractivity contribution in [3.05, 3.63) is 35.4 Å². The van der Waals surface area contributed by atoms with Crippen LogP contribution in [0.5, 0.6) is 0 Å². The van der Waals surface area contributed by atoms with Gasteiger partial charge in [0.05, 0.1) is 18.6 Å². The molecular formula is C16H24ClN3O2. The Morgan fingerprint density at radius 3 is 2.50 bits per heavy atom. The van der Waals surface area contributed by atoms with Gasteiger partial charge in [-0.05, 0) is 25.3 Å². The third-order valence-electron chi connectivity index (χ3n) is 4.04. The predicted molar refractivity (Wildman–Crippen MR) is 88.8 cm³/mol. The average Bonchev–Trinajstić information content (AvgIpc) is 2.94. The number of amides is 2. The second-order valence-corrected chi connectivity index (χ2v) is 5.69. The summed E-state index contributed by atoms with van der Waals surface area (Å²) in [5.74, 6) is -0.485. The van der Waals surface area contributed by atoms with Crippen molar-refractivity contribution in [3.8, 4) is 0 Å². The molecule has 2 amide bonds. The van der Waals surface area contributed by atoms with Crippen molar-refractivity contribution >= 4 is 24.2 Å².